The third-order valence-corrected chi connectivity index (χ3v) is 3.89. The van der Waals surface area contributed by atoms with Crippen LogP contribution < -0.4 is 0 Å². The third kappa shape index (κ3) is 3.56. The van der Waals surface area contributed by atoms with Crippen LogP contribution in [0.1, 0.15) is 6.42 Å². The Morgan fingerprint density at radius 1 is 1.28 bits per heavy atom. The van der Waals surface area contributed by atoms with Gasteiger partial charge in [0.25, 0.3) is 0 Å². The lowest BCUT2D eigenvalue weighted by atomic mass is 10.1. The monoisotopic (exact) mass is 274 g/mol. The fourth-order valence-corrected chi connectivity index (χ4v) is 3.01. The molecule has 1 fully saturated rings. The summed E-state index contributed by atoms with van der Waals surface area (Å²) in [4.78, 5) is 13.2. The van der Waals surface area contributed by atoms with Crippen LogP contribution in [-0.4, -0.2) is 42.6 Å². The van der Waals surface area contributed by atoms with Crippen molar-refractivity contribution < 1.29 is 17.1 Å². The summed E-state index contributed by atoms with van der Waals surface area (Å²) >= 11 is 0. The fraction of sp³-hybridized carbons (Fsp3) is 0.545. The maximum atomic E-state index is 12.5. The van der Waals surface area contributed by atoms with Crippen molar-refractivity contribution >= 4 is 16.1 Å². The number of rotatable bonds is 5. The second kappa shape index (κ2) is 5.09. The average Bonchev–Trinajstić information content (AvgIpc) is 2.83. The smallest absolute Gasteiger partial charge is 0.302 e. The Hall–Kier alpha value is -1.37. The molecule has 0 radical (unpaired) electrons. The van der Waals surface area contributed by atoms with Crippen LogP contribution in [0.15, 0.2) is 24.5 Å². The van der Waals surface area contributed by atoms with Gasteiger partial charge in [-0.15, -0.1) is 3.89 Å². The van der Waals surface area contributed by atoms with E-state index in [4.69, 9.17) is 0 Å². The Balaban J connectivity index is 1.86. The first-order chi connectivity index (χ1) is 8.44. The van der Waals surface area contributed by atoms with Gasteiger partial charge < -0.3 is 9.47 Å². The molecular weight excluding hydrogens is 259 g/mol. The molecule has 1 unspecified atom stereocenters. The van der Waals surface area contributed by atoms with Crippen molar-refractivity contribution in [3.63, 3.8) is 0 Å². The third-order valence-electron chi connectivity index (χ3n) is 3.02. The standard InChI is InChI=1S/C11H15FN2O3S/c12-18(16,17)9-10-7-11(15)14(8-10)6-5-13-3-1-2-4-13/h1-4,10H,5-9H2. The van der Waals surface area contributed by atoms with Crippen LogP contribution in [0.3, 0.4) is 0 Å². The van der Waals surface area contributed by atoms with Crippen molar-refractivity contribution in [3.8, 4) is 0 Å². The molecule has 7 heteroatoms. The Bertz CT molecular complexity index is 512. The van der Waals surface area contributed by atoms with Crippen LogP contribution in [0.4, 0.5) is 3.89 Å². The maximum Gasteiger partial charge on any atom is 0.302 e. The molecule has 1 saturated heterocycles. The molecule has 0 aromatic carbocycles. The van der Waals surface area contributed by atoms with Gasteiger partial charge in [-0.1, -0.05) is 0 Å². The topological polar surface area (TPSA) is 59.4 Å². The second-order valence-corrected chi connectivity index (χ2v) is 5.95. The number of carbonyl (C=O) groups excluding carboxylic acids is 1. The number of carbonyl (C=O) groups is 1. The van der Waals surface area contributed by atoms with Crippen molar-refractivity contribution in [2.75, 3.05) is 18.8 Å². The first kappa shape index (κ1) is 13.1. The van der Waals surface area contributed by atoms with Crippen LogP contribution in [-0.2, 0) is 21.6 Å². The normalized spacial score (nSPS) is 20.6. The van der Waals surface area contributed by atoms with E-state index >= 15 is 0 Å². The lowest BCUT2D eigenvalue weighted by Crippen LogP contribution is -2.29. The SMILES string of the molecule is O=C1CC(CS(=O)(=O)F)CN1CCn1cccc1. The molecule has 1 aliphatic rings. The quantitative estimate of drug-likeness (QED) is 0.740. The molecule has 0 spiro atoms. The molecule has 1 amide bonds. The van der Waals surface area contributed by atoms with E-state index in [1.165, 1.54) is 0 Å². The Labute approximate surface area is 105 Å². The van der Waals surface area contributed by atoms with E-state index in [0.29, 0.717) is 19.6 Å². The molecule has 0 bridgehead atoms. The highest BCUT2D eigenvalue weighted by Crippen LogP contribution is 2.19. The van der Waals surface area contributed by atoms with Gasteiger partial charge in [-0.25, -0.2) is 0 Å². The first-order valence-corrected chi connectivity index (χ1v) is 7.30. The Morgan fingerprint density at radius 2 is 1.94 bits per heavy atom. The predicted octanol–water partition coefficient (Wildman–Crippen LogP) is 0.636. The van der Waals surface area contributed by atoms with Gasteiger partial charge >= 0.3 is 10.2 Å². The average molecular weight is 274 g/mol. The van der Waals surface area contributed by atoms with Crippen LogP contribution >= 0.6 is 0 Å². The van der Waals surface area contributed by atoms with Gasteiger partial charge in [0.15, 0.2) is 0 Å². The zero-order valence-corrected chi connectivity index (χ0v) is 10.6. The summed E-state index contributed by atoms with van der Waals surface area (Å²) in [7, 11) is -4.50. The molecule has 1 aromatic heterocycles. The minimum atomic E-state index is -4.50. The molecule has 18 heavy (non-hydrogen) atoms. The van der Waals surface area contributed by atoms with E-state index < -0.39 is 21.9 Å². The van der Waals surface area contributed by atoms with E-state index in [-0.39, 0.29) is 12.3 Å². The molecule has 100 valence electrons. The number of aromatic nitrogens is 1. The summed E-state index contributed by atoms with van der Waals surface area (Å²) in [6.45, 7) is 1.51. The van der Waals surface area contributed by atoms with E-state index in [0.717, 1.165) is 0 Å². The summed E-state index contributed by atoms with van der Waals surface area (Å²) in [5.74, 6) is -1.08. The van der Waals surface area contributed by atoms with Crippen LogP contribution in [0.25, 0.3) is 0 Å². The van der Waals surface area contributed by atoms with Crippen molar-refractivity contribution in [3.05, 3.63) is 24.5 Å². The van der Waals surface area contributed by atoms with E-state index in [9.17, 15) is 17.1 Å². The van der Waals surface area contributed by atoms with Crippen LogP contribution in [0, 0.1) is 5.92 Å². The molecule has 1 atom stereocenters. The largest absolute Gasteiger partial charge is 0.352 e. The summed E-state index contributed by atoms with van der Waals surface area (Å²) < 4.78 is 35.6. The first-order valence-electron chi connectivity index (χ1n) is 5.75. The molecule has 1 aliphatic heterocycles. The molecule has 1 aromatic rings. The van der Waals surface area contributed by atoms with Gasteiger partial charge in [-0.2, -0.15) is 8.42 Å². The van der Waals surface area contributed by atoms with Crippen molar-refractivity contribution in [1.29, 1.82) is 0 Å². The number of nitrogens with zero attached hydrogens (tertiary/aromatic N) is 2. The molecule has 2 rings (SSSR count). The van der Waals surface area contributed by atoms with Crippen LogP contribution in [0.2, 0.25) is 0 Å². The second-order valence-electron chi connectivity index (χ2n) is 4.54. The van der Waals surface area contributed by atoms with Gasteiger partial charge in [0.05, 0.1) is 5.75 Å². The number of hydrogen-bond acceptors (Lipinski definition) is 3. The summed E-state index contributed by atoms with van der Waals surface area (Å²) in [6.07, 6.45) is 3.91. The fourth-order valence-electron chi connectivity index (χ4n) is 2.22. The molecule has 0 saturated carbocycles. The molecule has 5 nitrogen and oxygen atoms in total. The molecule has 2 heterocycles. The number of likely N-dealkylation sites (tertiary alicyclic amines) is 1. The minimum Gasteiger partial charge on any atom is -0.352 e. The molecule has 0 N–H and O–H groups in total. The highest BCUT2D eigenvalue weighted by Gasteiger charge is 2.32. The summed E-state index contributed by atoms with van der Waals surface area (Å²) in [5, 5.41) is 0. The predicted molar refractivity (Wildman–Crippen MR) is 64.0 cm³/mol. The highest BCUT2D eigenvalue weighted by molar-refractivity contribution is 7.86. The number of halogens is 1. The van der Waals surface area contributed by atoms with E-state index in [1.54, 1.807) is 4.90 Å². The maximum absolute atomic E-state index is 12.5. The van der Waals surface area contributed by atoms with E-state index in [1.807, 2.05) is 29.1 Å². The zero-order chi connectivity index (χ0) is 13.2. The summed E-state index contributed by atoms with van der Waals surface area (Å²) in [6, 6.07) is 3.79. The number of hydrogen-bond donors (Lipinski definition) is 0. The van der Waals surface area contributed by atoms with Crippen LogP contribution in [0.5, 0.6) is 0 Å². The summed E-state index contributed by atoms with van der Waals surface area (Å²) in [5.41, 5.74) is 0. The number of amides is 1. The van der Waals surface area contributed by atoms with Gasteiger partial charge in [0, 0.05) is 44.4 Å². The van der Waals surface area contributed by atoms with Crippen molar-refractivity contribution in [2.45, 2.75) is 13.0 Å². The van der Waals surface area contributed by atoms with Crippen molar-refractivity contribution in [1.82, 2.24) is 9.47 Å². The lowest BCUT2D eigenvalue weighted by Gasteiger charge is -2.16. The van der Waals surface area contributed by atoms with Gasteiger partial charge in [-0.05, 0) is 12.1 Å². The Kier molecular flexibility index (Phi) is 3.70. The molecular formula is C11H15FN2O3S. The molecule has 0 aliphatic carbocycles. The lowest BCUT2D eigenvalue weighted by molar-refractivity contribution is -0.127. The van der Waals surface area contributed by atoms with E-state index in [2.05, 4.69) is 0 Å². The van der Waals surface area contributed by atoms with Gasteiger partial charge in [0.1, 0.15) is 0 Å². The minimum absolute atomic E-state index is 0.101. The zero-order valence-electron chi connectivity index (χ0n) is 9.83. The van der Waals surface area contributed by atoms with Gasteiger partial charge in [-0.3, -0.25) is 4.79 Å². The Morgan fingerprint density at radius 3 is 2.56 bits per heavy atom. The highest BCUT2D eigenvalue weighted by atomic mass is 32.3. The van der Waals surface area contributed by atoms with Gasteiger partial charge in [0.2, 0.25) is 5.91 Å². The van der Waals surface area contributed by atoms with Crippen molar-refractivity contribution in [2.24, 2.45) is 5.92 Å².